The van der Waals surface area contributed by atoms with Crippen molar-refractivity contribution in [2.45, 2.75) is 62.8 Å². The van der Waals surface area contributed by atoms with Gasteiger partial charge in [-0.05, 0) is 81.3 Å². The summed E-state index contributed by atoms with van der Waals surface area (Å²) in [6, 6.07) is 22.1. The van der Waals surface area contributed by atoms with Crippen LogP contribution in [-0.2, 0) is 37.7 Å². The van der Waals surface area contributed by atoms with E-state index in [4.69, 9.17) is 14.2 Å². The summed E-state index contributed by atoms with van der Waals surface area (Å²) in [5.41, 5.74) is 3.68. The van der Waals surface area contributed by atoms with Gasteiger partial charge in [0.1, 0.15) is 17.4 Å². The summed E-state index contributed by atoms with van der Waals surface area (Å²) in [6.07, 6.45) is -0.217. The lowest BCUT2D eigenvalue weighted by atomic mass is 10.0. The molecule has 1 aromatic heterocycles. The third-order valence-corrected chi connectivity index (χ3v) is 8.05. The summed E-state index contributed by atoms with van der Waals surface area (Å²) < 4.78 is 16.0. The summed E-state index contributed by atoms with van der Waals surface area (Å²) >= 11 is 1.62. The molecule has 3 aromatic carbocycles. The van der Waals surface area contributed by atoms with E-state index < -0.39 is 17.7 Å². The molecular weight excluding hydrogens is 590 g/mol. The smallest absolute Gasteiger partial charge is 0.408 e. The van der Waals surface area contributed by atoms with Crippen molar-refractivity contribution in [2.75, 3.05) is 25.7 Å². The molecule has 1 atom stereocenters. The molecule has 0 spiro atoms. The Morgan fingerprint density at radius 2 is 1.73 bits per heavy atom. The Labute approximate surface area is 268 Å². The van der Waals surface area contributed by atoms with Gasteiger partial charge in [-0.3, -0.25) is 9.59 Å². The van der Waals surface area contributed by atoms with Gasteiger partial charge in [0.25, 0.3) is 0 Å². The van der Waals surface area contributed by atoms with Crippen molar-refractivity contribution < 1.29 is 28.6 Å². The molecule has 0 radical (unpaired) electrons. The van der Waals surface area contributed by atoms with Crippen LogP contribution >= 0.6 is 11.8 Å². The first kappa shape index (κ1) is 33.5. The molecule has 0 aliphatic heterocycles. The fourth-order valence-electron chi connectivity index (χ4n) is 4.91. The van der Waals surface area contributed by atoms with E-state index >= 15 is 0 Å². The molecule has 238 valence electrons. The van der Waals surface area contributed by atoms with Gasteiger partial charge in [-0.15, -0.1) is 11.8 Å². The fraction of sp³-hybridized carbons (Fsp3) is 0.343. The number of methoxy groups -OCH3 is 1. The number of thioether (sulfide) groups is 1. The molecule has 1 heterocycles. The third-order valence-electron chi connectivity index (χ3n) is 7.03. The lowest BCUT2D eigenvalue weighted by Crippen LogP contribution is -2.50. The van der Waals surface area contributed by atoms with Gasteiger partial charge in [0.15, 0.2) is 0 Å². The second-order valence-corrected chi connectivity index (χ2v) is 12.6. The quantitative estimate of drug-likeness (QED) is 0.133. The van der Waals surface area contributed by atoms with E-state index in [1.165, 1.54) is 4.90 Å². The van der Waals surface area contributed by atoms with Crippen LogP contribution in [0.3, 0.4) is 0 Å². The normalized spacial score (nSPS) is 12.0. The highest BCUT2D eigenvalue weighted by molar-refractivity contribution is 7.98. The van der Waals surface area contributed by atoms with Crippen molar-refractivity contribution in [1.82, 2.24) is 10.3 Å². The molecular formula is C35H41N3O6S. The SMILES string of the molecule is CCOC(=O)Cc1c(CSc2cccc(C[C@H](NC(=O)OC(C)(C)C)C(=O)N(C)c3ccc(OC)cc3)c2)[nH]c2ccccc12. The first-order chi connectivity index (χ1) is 21.5. The maximum Gasteiger partial charge on any atom is 0.408 e. The van der Waals surface area contributed by atoms with E-state index in [0.29, 0.717) is 23.8 Å². The van der Waals surface area contributed by atoms with Crippen molar-refractivity contribution in [2.24, 2.45) is 0 Å². The lowest BCUT2D eigenvalue weighted by Gasteiger charge is -2.27. The minimum absolute atomic E-state index is 0.190. The van der Waals surface area contributed by atoms with Gasteiger partial charge >= 0.3 is 12.1 Å². The molecule has 45 heavy (non-hydrogen) atoms. The number of nitrogens with zero attached hydrogens (tertiary/aromatic N) is 1. The molecule has 0 aliphatic rings. The number of hydrogen-bond acceptors (Lipinski definition) is 7. The zero-order valence-corrected chi connectivity index (χ0v) is 27.5. The predicted molar refractivity (Wildman–Crippen MR) is 178 cm³/mol. The van der Waals surface area contributed by atoms with Crippen LogP contribution in [0.4, 0.5) is 10.5 Å². The molecule has 10 heteroatoms. The van der Waals surface area contributed by atoms with E-state index in [1.54, 1.807) is 77.9 Å². The Kier molecular flexibility index (Phi) is 11.2. The van der Waals surface area contributed by atoms with Crippen molar-refractivity contribution in [1.29, 1.82) is 0 Å². The molecule has 0 fully saturated rings. The third kappa shape index (κ3) is 9.28. The van der Waals surface area contributed by atoms with E-state index in [0.717, 1.165) is 32.6 Å². The van der Waals surface area contributed by atoms with Gasteiger partial charge in [0, 0.05) is 46.4 Å². The van der Waals surface area contributed by atoms with E-state index in [9.17, 15) is 14.4 Å². The number of likely N-dealkylation sites (N-methyl/N-ethyl adjacent to an activating group) is 1. The Bertz CT molecular complexity index is 1630. The predicted octanol–water partition coefficient (Wildman–Crippen LogP) is 6.67. The number of rotatable bonds is 12. The average Bonchev–Trinajstić information content (AvgIpc) is 3.35. The van der Waals surface area contributed by atoms with Crippen LogP contribution in [0, 0.1) is 0 Å². The lowest BCUT2D eigenvalue weighted by molar-refractivity contribution is -0.142. The molecule has 4 aromatic rings. The minimum Gasteiger partial charge on any atom is -0.497 e. The number of hydrogen-bond donors (Lipinski definition) is 2. The second kappa shape index (κ2) is 15.0. The number of carbonyl (C=O) groups excluding carboxylic acids is 3. The molecule has 0 saturated heterocycles. The number of nitrogens with one attached hydrogen (secondary N) is 2. The Hall–Kier alpha value is -4.44. The van der Waals surface area contributed by atoms with Crippen LogP contribution in [-0.4, -0.2) is 55.4 Å². The van der Waals surface area contributed by atoms with E-state index in [2.05, 4.69) is 10.3 Å². The van der Waals surface area contributed by atoms with Crippen LogP contribution in [0.1, 0.15) is 44.5 Å². The first-order valence-electron chi connectivity index (χ1n) is 14.8. The molecule has 2 N–H and O–H groups in total. The molecule has 9 nitrogen and oxygen atoms in total. The summed E-state index contributed by atoms with van der Waals surface area (Å²) in [5.74, 6) is 0.734. The van der Waals surface area contributed by atoms with Crippen molar-refractivity contribution >= 4 is 46.3 Å². The van der Waals surface area contributed by atoms with Crippen molar-refractivity contribution in [3.8, 4) is 5.75 Å². The molecule has 0 saturated carbocycles. The van der Waals surface area contributed by atoms with Crippen LogP contribution in [0.2, 0.25) is 0 Å². The maximum absolute atomic E-state index is 13.7. The van der Waals surface area contributed by atoms with Crippen molar-refractivity contribution in [3.63, 3.8) is 0 Å². The van der Waals surface area contributed by atoms with Crippen LogP contribution in [0.15, 0.2) is 77.7 Å². The topological polar surface area (TPSA) is 110 Å². The van der Waals surface area contributed by atoms with Gasteiger partial charge < -0.3 is 29.4 Å². The molecule has 4 rings (SSSR count). The number of benzene rings is 3. The number of ether oxygens (including phenoxy) is 3. The zero-order chi connectivity index (χ0) is 32.6. The van der Waals surface area contributed by atoms with Crippen LogP contribution in [0.5, 0.6) is 5.75 Å². The number of fused-ring (bicyclic) bond motifs is 1. The summed E-state index contributed by atoms with van der Waals surface area (Å²) in [4.78, 5) is 44.9. The van der Waals surface area contributed by atoms with Gasteiger partial charge in [-0.25, -0.2) is 4.79 Å². The largest absolute Gasteiger partial charge is 0.497 e. The molecule has 0 aliphatic carbocycles. The highest BCUT2D eigenvalue weighted by atomic mass is 32.2. The maximum atomic E-state index is 13.7. The van der Waals surface area contributed by atoms with Crippen LogP contribution < -0.4 is 15.0 Å². The van der Waals surface area contributed by atoms with Gasteiger partial charge in [0.2, 0.25) is 5.91 Å². The second-order valence-electron chi connectivity index (χ2n) is 11.5. The average molecular weight is 632 g/mol. The zero-order valence-electron chi connectivity index (χ0n) is 26.6. The highest BCUT2D eigenvalue weighted by Gasteiger charge is 2.28. The number of para-hydroxylation sites is 1. The number of alkyl carbamates (subject to hydrolysis) is 1. The number of aromatic amines is 1. The van der Waals surface area contributed by atoms with Crippen LogP contribution in [0.25, 0.3) is 10.9 Å². The first-order valence-corrected chi connectivity index (χ1v) is 15.8. The summed E-state index contributed by atoms with van der Waals surface area (Å²) in [6.45, 7) is 7.46. The number of anilines is 1. The number of aromatic nitrogens is 1. The molecule has 0 unspecified atom stereocenters. The fourth-order valence-corrected chi connectivity index (χ4v) is 5.87. The Balaban J connectivity index is 1.53. The van der Waals surface area contributed by atoms with E-state index in [1.807, 2.05) is 48.5 Å². The van der Waals surface area contributed by atoms with Gasteiger partial charge in [-0.2, -0.15) is 0 Å². The molecule has 2 amide bonds. The summed E-state index contributed by atoms with van der Waals surface area (Å²) in [5, 5.41) is 3.80. The van der Waals surface area contributed by atoms with Crippen molar-refractivity contribution in [3.05, 3.63) is 89.6 Å². The summed E-state index contributed by atoms with van der Waals surface area (Å²) in [7, 11) is 3.26. The number of H-pyrrole nitrogens is 1. The number of amides is 2. The Morgan fingerprint density at radius 1 is 1.00 bits per heavy atom. The monoisotopic (exact) mass is 631 g/mol. The standard InChI is InChI=1S/C35H41N3O6S/c1-7-43-32(39)21-28-27-13-8-9-14-29(27)36-31(28)22-45-26-12-10-11-23(19-26)20-30(37-34(41)44-35(2,3)4)33(40)38(5)24-15-17-25(42-6)18-16-24/h8-19,30,36H,7,20-22H2,1-6H3,(H,37,41)/t30-/m0/s1. The Morgan fingerprint density at radius 3 is 2.42 bits per heavy atom. The minimum atomic E-state index is -0.878. The highest BCUT2D eigenvalue weighted by Crippen LogP contribution is 2.30. The van der Waals surface area contributed by atoms with E-state index in [-0.39, 0.29) is 24.7 Å². The van der Waals surface area contributed by atoms with Gasteiger partial charge in [-0.1, -0.05) is 30.3 Å². The molecule has 0 bridgehead atoms. The number of carbonyl (C=O) groups is 3. The number of esters is 1. The van der Waals surface area contributed by atoms with Gasteiger partial charge in [0.05, 0.1) is 20.1 Å².